The molecule has 1 aromatic carbocycles. The monoisotopic (exact) mass is 381 g/mol. The number of carbonyl (C=O) groups excluding carboxylic acids is 1. The van der Waals surface area contributed by atoms with Crippen molar-refractivity contribution in [2.75, 3.05) is 38.0 Å². The highest BCUT2D eigenvalue weighted by Gasteiger charge is 2.24. The molecule has 0 aliphatic carbocycles. The fourth-order valence-electron chi connectivity index (χ4n) is 3.49. The molecule has 0 saturated carbocycles. The lowest BCUT2D eigenvalue weighted by Gasteiger charge is -2.30. The van der Waals surface area contributed by atoms with Crippen molar-refractivity contribution >= 4 is 21.6 Å². The van der Waals surface area contributed by atoms with Gasteiger partial charge in [0.2, 0.25) is 15.9 Å². The van der Waals surface area contributed by atoms with Crippen molar-refractivity contribution in [3.8, 4) is 0 Å². The van der Waals surface area contributed by atoms with Gasteiger partial charge in [-0.05, 0) is 49.9 Å². The van der Waals surface area contributed by atoms with Crippen LogP contribution in [0.1, 0.15) is 39.2 Å². The SMILES string of the molecule is CCN(CC)S(=O)(=O)c1cc(NC(=O)CN2CCCC(C)C2)ccc1C. The summed E-state index contributed by atoms with van der Waals surface area (Å²) in [5.41, 5.74) is 1.20. The average molecular weight is 382 g/mol. The number of likely N-dealkylation sites (tertiary alicyclic amines) is 1. The number of sulfonamides is 1. The quantitative estimate of drug-likeness (QED) is 0.788. The van der Waals surface area contributed by atoms with Gasteiger partial charge in [-0.2, -0.15) is 4.31 Å². The Hall–Kier alpha value is -1.44. The van der Waals surface area contributed by atoms with Crippen LogP contribution in [-0.4, -0.2) is 56.3 Å². The Bertz CT molecular complexity index is 730. The standard InChI is InChI=1S/C19H31N3O3S/c1-5-22(6-2)26(24,25)18-12-17(10-9-16(18)4)20-19(23)14-21-11-7-8-15(3)13-21/h9-10,12,15H,5-8,11,13-14H2,1-4H3,(H,20,23). The van der Waals surface area contributed by atoms with Gasteiger partial charge in [-0.25, -0.2) is 8.42 Å². The van der Waals surface area contributed by atoms with Crippen molar-refractivity contribution in [2.45, 2.75) is 45.4 Å². The molecule has 1 N–H and O–H groups in total. The minimum absolute atomic E-state index is 0.103. The first-order valence-corrected chi connectivity index (χ1v) is 10.8. The minimum atomic E-state index is -3.55. The van der Waals surface area contributed by atoms with E-state index in [0.29, 0.717) is 36.8 Å². The van der Waals surface area contributed by atoms with Gasteiger partial charge in [0.1, 0.15) is 0 Å². The van der Waals surface area contributed by atoms with Crippen LogP contribution in [0.4, 0.5) is 5.69 Å². The van der Waals surface area contributed by atoms with Crippen LogP contribution in [0.15, 0.2) is 23.1 Å². The number of carbonyl (C=O) groups is 1. The van der Waals surface area contributed by atoms with Gasteiger partial charge in [-0.15, -0.1) is 0 Å². The Morgan fingerprint density at radius 3 is 2.62 bits per heavy atom. The second-order valence-electron chi connectivity index (χ2n) is 7.10. The largest absolute Gasteiger partial charge is 0.325 e. The van der Waals surface area contributed by atoms with E-state index < -0.39 is 10.0 Å². The maximum atomic E-state index is 12.8. The molecule has 7 heteroatoms. The molecule has 1 aliphatic rings. The molecule has 2 rings (SSSR count). The molecule has 1 heterocycles. The molecule has 0 bridgehead atoms. The number of anilines is 1. The summed E-state index contributed by atoms with van der Waals surface area (Å²) < 4.78 is 27.0. The average Bonchev–Trinajstić information content (AvgIpc) is 2.57. The summed E-state index contributed by atoms with van der Waals surface area (Å²) in [6.07, 6.45) is 2.33. The lowest BCUT2D eigenvalue weighted by molar-refractivity contribution is -0.117. The van der Waals surface area contributed by atoms with E-state index in [-0.39, 0.29) is 10.8 Å². The van der Waals surface area contributed by atoms with E-state index in [1.807, 2.05) is 13.8 Å². The number of piperidine rings is 1. The predicted molar refractivity (Wildman–Crippen MR) is 105 cm³/mol. The lowest BCUT2D eigenvalue weighted by Crippen LogP contribution is -2.39. The highest BCUT2D eigenvalue weighted by molar-refractivity contribution is 7.89. The molecule has 1 saturated heterocycles. The molecule has 0 spiro atoms. The van der Waals surface area contributed by atoms with Gasteiger partial charge in [0.15, 0.2) is 0 Å². The number of nitrogens with zero attached hydrogens (tertiary/aromatic N) is 2. The normalized spacial score (nSPS) is 18.9. The molecule has 26 heavy (non-hydrogen) atoms. The second kappa shape index (κ2) is 8.97. The summed E-state index contributed by atoms with van der Waals surface area (Å²) in [4.78, 5) is 14.8. The highest BCUT2D eigenvalue weighted by Crippen LogP contribution is 2.24. The molecule has 1 amide bonds. The van der Waals surface area contributed by atoms with E-state index in [1.54, 1.807) is 25.1 Å². The highest BCUT2D eigenvalue weighted by atomic mass is 32.2. The molecule has 1 unspecified atom stereocenters. The van der Waals surface area contributed by atoms with Crippen LogP contribution < -0.4 is 5.32 Å². The van der Waals surface area contributed by atoms with Crippen LogP contribution in [0.5, 0.6) is 0 Å². The van der Waals surface area contributed by atoms with E-state index in [9.17, 15) is 13.2 Å². The minimum Gasteiger partial charge on any atom is -0.325 e. The smallest absolute Gasteiger partial charge is 0.243 e. The molecule has 1 atom stereocenters. The van der Waals surface area contributed by atoms with E-state index in [0.717, 1.165) is 19.5 Å². The van der Waals surface area contributed by atoms with Gasteiger partial charge in [0, 0.05) is 25.3 Å². The predicted octanol–water partition coefficient (Wildman–Crippen LogP) is 2.70. The fourth-order valence-corrected chi connectivity index (χ4v) is 5.20. The van der Waals surface area contributed by atoms with Crippen molar-refractivity contribution in [3.63, 3.8) is 0 Å². The van der Waals surface area contributed by atoms with E-state index in [1.165, 1.54) is 10.7 Å². The number of aryl methyl sites for hydroxylation is 1. The maximum Gasteiger partial charge on any atom is 0.243 e. The lowest BCUT2D eigenvalue weighted by atomic mass is 10.0. The topological polar surface area (TPSA) is 69.7 Å². The van der Waals surface area contributed by atoms with E-state index in [4.69, 9.17) is 0 Å². The van der Waals surface area contributed by atoms with Crippen molar-refractivity contribution in [2.24, 2.45) is 5.92 Å². The van der Waals surface area contributed by atoms with Crippen molar-refractivity contribution < 1.29 is 13.2 Å². The zero-order valence-corrected chi connectivity index (χ0v) is 17.1. The number of hydrogen-bond donors (Lipinski definition) is 1. The number of hydrogen-bond acceptors (Lipinski definition) is 4. The number of amides is 1. The van der Waals surface area contributed by atoms with Crippen LogP contribution >= 0.6 is 0 Å². The first-order valence-electron chi connectivity index (χ1n) is 9.40. The summed E-state index contributed by atoms with van der Waals surface area (Å²) in [5, 5.41) is 2.86. The van der Waals surface area contributed by atoms with Gasteiger partial charge in [-0.1, -0.05) is 26.8 Å². The fraction of sp³-hybridized carbons (Fsp3) is 0.632. The Morgan fingerprint density at radius 1 is 1.31 bits per heavy atom. The zero-order valence-electron chi connectivity index (χ0n) is 16.3. The number of benzene rings is 1. The van der Waals surface area contributed by atoms with E-state index >= 15 is 0 Å². The van der Waals surface area contributed by atoms with Gasteiger partial charge in [0.05, 0.1) is 11.4 Å². The molecule has 1 fully saturated rings. The molecule has 1 aromatic rings. The Kier molecular flexibility index (Phi) is 7.20. The summed E-state index contributed by atoms with van der Waals surface area (Å²) in [7, 11) is -3.55. The third-order valence-electron chi connectivity index (χ3n) is 4.90. The van der Waals surface area contributed by atoms with Crippen LogP contribution in [0, 0.1) is 12.8 Å². The Labute approximate surface area is 157 Å². The first kappa shape index (κ1) is 20.9. The number of nitrogens with one attached hydrogen (secondary N) is 1. The zero-order chi connectivity index (χ0) is 19.3. The summed E-state index contributed by atoms with van der Waals surface area (Å²) in [6.45, 7) is 10.7. The summed E-state index contributed by atoms with van der Waals surface area (Å²) in [5.74, 6) is 0.510. The molecule has 1 aliphatic heterocycles. The summed E-state index contributed by atoms with van der Waals surface area (Å²) >= 11 is 0. The van der Waals surface area contributed by atoms with Crippen molar-refractivity contribution in [1.82, 2.24) is 9.21 Å². The Balaban J connectivity index is 2.12. The van der Waals surface area contributed by atoms with Gasteiger partial charge in [0.25, 0.3) is 0 Å². The van der Waals surface area contributed by atoms with Crippen LogP contribution in [-0.2, 0) is 14.8 Å². The Morgan fingerprint density at radius 2 is 2.00 bits per heavy atom. The van der Waals surface area contributed by atoms with Gasteiger partial charge in [-0.3, -0.25) is 9.69 Å². The van der Waals surface area contributed by atoms with Crippen LogP contribution in [0.2, 0.25) is 0 Å². The maximum absolute atomic E-state index is 12.8. The summed E-state index contributed by atoms with van der Waals surface area (Å²) in [6, 6.07) is 5.07. The van der Waals surface area contributed by atoms with Crippen molar-refractivity contribution in [1.29, 1.82) is 0 Å². The molecule has 146 valence electrons. The first-order chi connectivity index (χ1) is 12.3. The molecular formula is C19H31N3O3S. The van der Waals surface area contributed by atoms with Crippen molar-refractivity contribution in [3.05, 3.63) is 23.8 Å². The van der Waals surface area contributed by atoms with Gasteiger partial charge >= 0.3 is 0 Å². The van der Waals surface area contributed by atoms with Crippen LogP contribution in [0.3, 0.4) is 0 Å². The molecule has 0 radical (unpaired) electrons. The third-order valence-corrected chi connectivity index (χ3v) is 7.10. The molecule has 0 aromatic heterocycles. The molecular weight excluding hydrogens is 350 g/mol. The van der Waals surface area contributed by atoms with E-state index in [2.05, 4.69) is 17.1 Å². The van der Waals surface area contributed by atoms with Gasteiger partial charge < -0.3 is 5.32 Å². The molecule has 6 nitrogen and oxygen atoms in total. The second-order valence-corrected chi connectivity index (χ2v) is 9.01. The third kappa shape index (κ3) is 5.05. The number of rotatable bonds is 7. The van der Waals surface area contributed by atoms with Crippen LogP contribution in [0.25, 0.3) is 0 Å².